The van der Waals surface area contributed by atoms with Gasteiger partial charge in [0.25, 0.3) is 5.91 Å². The quantitative estimate of drug-likeness (QED) is 0.372. The Balaban J connectivity index is 1.20. The second kappa shape index (κ2) is 9.72. The number of nitrogens with one attached hydrogen (secondary N) is 2. The molecule has 36 heavy (non-hydrogen) atoms. The predicted octanol–water partition coefficient (Wildman–Crippen LogP) is 5.40. The minimum Gasteiger partial charge on any atom is -0.378 e. The molecule has 3 aromatic carbocycles. The molecule has 0 unspecified atom stereocenters. The Kier molecular flexibility index (Phi) is 6.13. The first-order valence-corrected chi connectivity index (χ1v) is 13.1. The number of carbonyl (C=O) groups is 2. The summed E-state index contributed by atoms with van der Waals surface area (Å²) in [6.07, 6.45) is 1.81. The number of aromatic nitrogens is 1. The lowest BCUT2D eigenvalue weighted by Gasteiger charge is -2.26. The second-order valence-corrected chi connectivity index (χ2v) is 9.99. The molecular weight excluding hydrogens is 472 g/mol. The summed E-state index contributed by atoms with van der Waals surface area (Å²) in [5, 5.41) is 10.9. The van der Waals surface area contributed by atoms with Crippen molar-refractivity contribution in [3.8, 4) is 11.3 Å². The minimum absolute atomic E-state index is 0.0246. The summed E-state index contributed by atoms with van der Waals surface area (Å²) in [7, 11) is 0. The number of morpholine rings is 1. The SMILES string of the molecule is O=C(Nc1ccc(-c2csc(N3CCOCC3)n2)cc1)c1cc2ccccc2cc1NC(=O)C1CC1. The third kappa shape index (κ3) is 4.82. The molecular formula is C28H26N4O3S. The summed E-state index contributed by atoms with van der Waals surface area (Å²) < 4.78 is 5.43. The van der Waals surface area contributed by atoms with Crippen LogP contribution < -0.4 is 15.5 Å². The summed E-state index contributed by atoms with van der Waals surface area (Å²) in [5.74, 6) is -0.235. The normalized spacial score (nSPS) is 15.6. The number of nitrogens with zero attached hydrogens (tertiary/aromatic N) is 2. The van der Waals surface area contributed by atoms with Crippen LogP contribution in [0.2, 0.25) is 0 Å². The Morgan fingerprint density at radius 2 is 1.67 bits per heavy atom. The van der Waals surface area contributed by atoms with Crippen LogP contribution in [0.25, 0.3) is 22.0 Å². The summed E-state index contributed by atoms with van der Waals surface area (Å²) in [6.45, 7) is 3.17. The molecule has 2 heterocycles. The highest BCUT2D eigenvalue weighted by Crippen LogP contribution is 2.33. The number of benzene rings is 3. The third-order valence-electron chi connectivity index (χ3n) is 6.55. The van der Waals surface area contributed by atoms with Gasteiger partial charge in [0, 0.05) is 35.6 Å². The molecule has 2 aliphatic rings. The lowest BCUT2D eigenvalue weighted by Crippen LogP contribution is -2.36. The number of carbonyl (C=O) groups excluding carboxylic acids is 2. The number of ether oxygens (including phenoxy) is 1. The van der Waals surface area contributed by atoms with Gasteiger partial charge in [0.15, 0.2) is 5.13 Å². The van der Waals surface area contributed by atoms with Crippen LogP contribution in [0.5, 0.6) is 0 Å². The van der Waals surface area contributed by atoms with Gasteiger partial charge in [-0.25, -0.2) is 4.98 Å². The molecule has 2 amide bonds. The van der Waals surface area contributed by atoms with Crippen LogP contribution in [0.4, 0.5) is 16.5 Å². The standard InChI is InChI=1S/C28H26N4O3S/c33-26(19-5-6-19)30-24-16-21-4-2-1-3-20(21)15-23(24)27(34)29-22-9-7-18(8-10-22)25-17-36-28(31-25)32-11-13-35-14-12-32/h1-4,7-10,15-17,19H,5-6,11-14H2,(H,29,34)(H,30,33). The number of rotatable bonds is 6. The minimum atomic E-state index is -0.261. The maximum Gasteiger partial charge on any atom is 0.257 e. The molecule has 8 heteroatoms. The highest BCUT2D eigenvalue weighted by atomic mass is 32.1. The van der Waals surface area contributed by atoms with Gasteiger partial charge in [-0.05, 0) is 47.9 Å². The van der Waals surface area contributed by atoms with Crippen LogP contribution >= 0.6 is 11.3 Å². The van der Waals surface area contributed by atoms with Crippen LogP contribution in [0.15, 0.2) is 66.0 Å². The van der Waals surface area contributed by atoms with Crippen molar-refractivity contribution in [3.63, 3.8) is 0 Å². The second-order valence-electron chi connectivity index (χ2n) is 9.15. The van der Waals surface area contributed by atoms with E-state index in [0.717, 1.165) is 66.3 Å². The van der Waals surface area contributed by atoms with Gasteiger partial charge in [0.1, 0.15) is 0 Å². The number of fused-ring (bicyclic) bond motifs is 1. The first-order chi connectivity index (χ1) is 17.6. The molecule has 1 saturated carbocycles. The summed E-state index contributed by atoms with van der Waals surface area (Å²) >= 11 is 1.63. The summed E-state index contributed by atoms with van der Waals surface area (Å²) in [5.41, 5.74) is 3.57. The molecule has 7 nitrogen and oxygen atoms in total. The number of thiazole rings is 1. The molecule has 2 N–H and O–H groups in total. The van der Waals surface area contributed by atoms with Crippen LogP contribution in [0.1, 0.15) is 23.2 Å². The van der Waals surface area contributed by atoms with Gasteiger partial charge in [-0.1, -0.05) is 36.4 Å². The zero-order valence-electron chi connectivity index (χ0n) is 19.7. The molecule has 182 valence electrons. The van der Waals surface area contributed by atoms with Crippen LogP contribution in [-0.4, -0.2) is 43.1 Å². The highest BCUT2D eigenvalue weighted by Gasteiger charge is 2.30. The lowest BCUT2D eigenvalue weighted by atomic mass is 10.0. The van der Waals surface area contributed by atoms with E-state index in [2.05, 4.69) is 20.9 Å². The van der Waals surface area contributed by atoms with Crippen molar-refractivity contribution in [1.82, 2.24) is 4.98 Å². The predicted molar refractivity (Wildman–Crippen MR) is 144 cm³/mol. The average Bonchev–Trinajstić information content (AvgIpc) is 3.66. The average molecular weight is 499 g/mol. The maximum absolute atomic E-state index is 13.3. The van der Waals surface area contributed by atoms with E-state index in [1.54, 1.807) is 11.3 Å². The number of hydrogen-bond acceptors (Lipinski definition) is 6. The highest BCUT2D eigenvalue weighted by molar-refractivity contribution is 7.14. The molecule has 0 atom stereocenters. The Labute approximate surface area is 213 Å². The van der Waals surface area contributed by atoms with E-state index in [0.29, 0.717) is 16.9 Å². The smallest absolute Gasteiger partial charge is 0.257 e. The van der Waals surface area contributed by atoms with Crippen molar-refractivity contribution < 1.29 is 14.3 Å². The van der Waals surface area contributed by atoms with Gasteiger partial charge in [-0.2, -0.15) is 0 Å². The van der Waals surface area contributed by atoms with Crippen molar-refractivity contribution in [1.29, 1.82) is 0 Å². The fourth-order valence-corrected chi connectivity index (χ4v) is 5.22. The molecule has 0 bridgehead atoms. The topological polar surface area (TPSA) is 83.6 Å². The zero-order valence-corrected chi connectivity index (χ0v) is 20.5. The first kappa shape index (κ1) is 22.7. The van der Waals surface area contributed by atoms with Gasteiger partial charge >= 0.3 is 0 Å². The largest absolute Gasteiger partial charge is 0.378 e. The van der Waals surface area contributed by atoms with Gasteiger partial charge in [-0.3, -0.25) is 9.59 Å². The zero-order chi connectivity index (χ0) is 24.5. The van der Waals surface area contributed by atoms with E-state index >= 15 is 0 Å². The molecule has 1 aliphatic carbocycles. The van der Waals surface area contributed by atoms with Crippen molar-refractivity contribution in [3.05, 3.63) is 71.6 Å². The molecule has 6 rings (SSSR count). The Morgan fingerprint density at radius 3 is 2.39 bits per heavy atom. The maximum atomic E-state index is 13.3. The Morgan fingerprint density at radius 1 is 0.944 bits per heavy atom. The fraction of sp³-hybridized carbons (Fsp3) is 0.250. The monoisotopic (exact) mass is 498 g/mol. The fourth-order valence-electron chi connectivity index (χ4n) is 4.33. The van der Waals surface area contributed by atoms with Crippen LogP contribution in [0, 0.1) is 5.92 Å². The van der Waals surface area contributed by atoms with Gasteiger partial charge in [0.05, 0.1) is 30.2 Å². The lowest BCUT2D eigenvalue weighted by molar-refractivity contribution is -0.117. The van der Waals surface area contributed by atoms with E-state index in [-0.39, 0.29) is 17.7 Å². The molecule has 1 saturated heterocycles. The molecule has 1 aliphatic heterocycles. The molecule has 0 spiro atoms. The van der Waals surface area contributed by atoms with Crippen LogP contribution in [0.3, 0.4) is 0 Å². The van der Waals surface area contributed by atoms with Crippen molar-refractivity contribution in [2.24, 2.45) is 5.92 Å². The van der Waals surface area contributed by atoms with Crippen LogP contribution in [-0.2, 0) is 9.53 Å². The van der Waals surface area contributed by atoms with E-state index in [4.69, 9.17) is 9.72 Å². The molecule has 0 radical (unpaired) electrons. The van der Waals surface area contributed by atoms with Crippen molar-refractivity contribution in [2.75, 3.05) is 41.8 Å². The van der Waals surface area contributed by atoms with E-state index < -0.39 is 0 Å². The number of hydrogen-bond donors (Lipinski definition) is 2. The molecule has 2 fully saturated rings. The van der Waals surface area contributed by atoms with Crippen molar-refractivity contribution in [2.45, 2.75) is 12.8 Å². The first-order valence-electron chi connectivity index (χ1n) is 12.2. The summed E-state index contributed by atoms with van der Waals surface area (Å²) in [6, 6.07) is 19.2. The van der Waals surface area contributed by atoms with Gasteiger partial charge in [0.2, 0.25) is 5.91 Å². The third-order valence-corrected chi connectivity index (χ3v) is 7.45. The number of amides is 2. The van der Waals surface area contributed by atoms with E-state index in [1.807, 2.05) is 60.7 Å². The van der Waals surface area contributed by atoms with E-state index in [9.17, 15) is 9.59 Å². The Bertz CT molecular complexity index is 1420. The van der Waals surface area contributed by atoms with E-state index in [1.165, 1.54) is 0 Å². The van der Waals surface area contributed by atoms with Crippen molar-refractivity contribution >= 4 is 50.4 Å². The van der Waals surface area contributed by atoms with Gasteiger partial charge < -0.3 is 20.3 Å². The summed E-state index contributed by atoms with van der Waals surface area (Å²) in [4.78, 5) is 32.8. The Hall–Kier alpha value is -3.75. The molecule has 4 aromatic rings. The number of anilines is 3. The van der Waals surface area contributed by atoms with Gasteiger partial charge in [-0.15, -0.1) is 11.3 Å². The molecule has 1 aromatic heterocycles.